The number of hydrogen-bond donors (Lipinski definition) is 3. The fourth-order valence-corrected chi connectivity index (χ4v) is 5.53. The van der Waals surface area contributed by atoms with Gasteiger partial charge in [-0.25, -0.2) is 4.79 Å². The Hall–Kier alpha value is -1.55. The van der Waals surface area contributed by atoms with Crippen LogP contribution in [0.4, 0.5) is 0 Å². The quantitative estimate of drug-likeness (QED) is 0.453. The number of carboxylic acid groups (broad SMARTS) is 1. The third-order valence-electron chi connectivity index (χ3n) is 5.18. The molecule has 2 heterocycles. The summed E-state index contributed by atoms with van der Waals surface area (Å²) in [6, 6.07) is 13.0. The molecule has 0 unspecified atom stereocenters. The minimum Gasteiger partial charge on any atom is -0.477 e. The van der Waals surface area contributed by atoms with Crippen LogP contribution in [0, 0.1) is 0 Å². The minimum atomic E-state index is -2.52. The summed E-state index contributed by atoms with van der Waals surface area (Å²) in [5.41, 5.74) is 2.34. The molecule has 1 aromatic heterocycles. The van der Waals surface area contributed by atoms with E-state index in [9.17, 15) is 19.0 Å². The van der Waals surface area contributed by atoms with Crippen molar-refractivity contribution in [1.29, 1.82) is 0 Å². The Morgan fingerprint density at radius 1 is 1.14 bits per heavy atom. The van der Waals surface area contributed by atoms with Crippen LogP contribution in [0.5, 0.6) is 0 Å². The van der Waals surface area contributed by atoms with E-state index < -0.39 is 16.6 Å². The van der Waals surface area contributed by atoms with E-state index in [4.69, 9.17) is 11.6 Å². The summed E-state index contributed by atoms with van der Waals surface area (Å²) in [5.74, 6) is -0.404. The van der Waals surface area contributed by atoms with E-state index >= 15 is 0 Å². The number of halogens is 2. The smallest absolute Gasteiger partial charge is 0.353 e. The highest BCUT2D eigenvalue weighted by atomic mass is 79.9. The van der Waals surface area contributed by atoms with Gasteiger partial charge in [0.05, 0.1) is 22.0 Å². The molecule has 0 radical (unpaired) electrons. The van der Waals surface area contributed by atoms with Crippen LogP contribution in [0.25, 0.3) is 16.6 Å². The minimum absolute atomic E-state index is 0.192. The average Bonchev–Trinajstić information content (AvgIpc) is 2.98. The number of aromatic nitrogens is 1. The molecular weight excluding hydrogens is 480 g/mol. The average molecular weight is 500 g/mol. The number of carbonyl (C=O) groups is 1. The first-order valence-corrected chi connectivity index (χ1v) is 12.1. The van der Waals surface area contributed by atoms with E-state index in [0.717, 1.165) is 16.6 Å². The number of para-hydroxylation sites is 1. The van der Waals surface area contributed by atoms with Gasteiger partial charge in [-0.2, -0.15) is 10.6 Å². The molecule has 1 fully saturated rings. The predicted octanol–water partition coefficient (Wildman–Crippen LogP) is 5.31. The number of carboxylic acids is 1. The van der Waals surface area contributed by atoms with Crippen molar-refractivity contribution in [3.8, 4) is 5.69 Å². The highest BCUT2D eigenvalue weighted by Gasteiger charge is 2.28. The number of hydrogen-bond acceptors (Lipinski definition) is 4. The maximum absolute atomic E-state index is 12.3. The zero-order valence-corrected chi connectivity index (χ0v) is 18.5. The number of fused-ring (bicyclic) bond motifs is 1. The zero-order valence-electron chi connectivity index (χ0n) is 15.4. The molecule has 4 rings (SSSR count). The lowest BCUT2D eigenvalue weighted by Gasteiger charge is -2.41. The normalized spacial score (nSPS) is 18.1. The third-order valence-corrected chi connectivity index (χ3v) is 8.05. The van der Waals surface area contributed by atoms with Gasteiger partial charge < -0.3 is 9.67 Å². The molecule has 3 N–H and O–H groups in total. The summed E-state index contributed by atoms with van der Waals surface area (Å²) in [5, 5.41) is 11.4. The van der Waals surface area contributed by atoms with Crippen LogP contribution < -0.4 is 0 Å². The van der Waals surface area contributed by atoms with Gasteiger partial charge in [0.1, 0.15) is 5.69 Å². The predicted molar refractivity (Wildman–Crippen MR) is 121 cm³/mol. The number of rotatable bonds is 4. The molecule has 0 saturated carbocycles. The van der Waals surface area contributed by atoms with Gasteiger partial charge in [0.2, 0.25) is 0 Å². The molecule has 2 aromatic carbocycles. The molecule has 0 bridgehead atoms. The van der Waals surface area contributed by atoms with Crippen molar-refractivity contribution in [3.05, 3.63) is 63.2 Å². The Balaban J connectivity index is 1.90. The van der Waals surface area contributed by atoms with Crippen molar-refractivity contribution < 1.29 is 19.0 Å². The molecule has 1 saturated heterocycles. The van der Waals surface area contributed by atoms with Crippen LogP contribution in [-0.2, 0) is 6.54 Å². The largest absolute Gasteiger partial charge is 0.477 e. The van der Waals surface area contributed by atoms with Crippen LogP contribution in [-0.4, -0.2) is 54.2 Å². The van der Waals surface area contributed by atoms with Crippen molar-refractivity contribution in [3.63, 3.8) is 0 Å². The van der Waals surface area contributed by atoms with Crippen molar-refractivity contribution in [1.82, 2.24) is 9.47 Å². The molecule has 1 aliphatic rings. The van der Waals surface area contributed by atoms with E-state index in [1.54, 1.807) is 10.6 Å². The van der Waals surface area contributed by atoms with Crippen LogP contribution in [0.3, 0.4) is 0 Å². The number of aromatic carboxylic acids is 1. The monoisotopic (exact) mass is 498 g/mol. The van der Waals surface area contributed by atoms with Crippen molar-refractivity contribution in [2.75, 3.05) is 24.6 Å². The van der Waals surface area contributed by atoms with Crippen molar-refractivity contribution in [2.45, 2.75) is 6.54 Å². The van der Waals surface area contributed by atoms with Gasteiger partial charge in [-0.05, 0) is 40.2 Å². The van der Waals surface area contributed by atoms with Crippen LogP contribution in [0.15, 0.2) is 46.9 Å². The van der Waals surface area contributed by atoms with Gasteiger partial charge in [0.25, 0.3) is 0 Å². The standard InChI is InChI=1S/C20H20BrClN2O4S/c21-16-10-14-15(12-23-6-8-29(27,28)9-7-23)19(20(25)26)24(18(14)11-17(16)22)13-4-2-1-3-5-13/h1-5,10-11,27-28H,6-9,12H2,(H,25,26). The second-order valence-corrected chi connectivity index (χ2v) is 10.8. The summed E-state index contributed by atoms with van der Waals surface area (Å²) >= 11 is 9.79. The molecule has 0 aliphatic carbocycles. The Morgan fingerprint density at radius 2 is 1.79 bits per heavy atom. The van der Waals surface area contributed by atoms with Gasteiger partial charge in [-0.3, -0.25) is 14.0 Å². The van der Waals surface area contributed by atoms with Crippen molar-refractivity contribution >= 4 is 55.0 Å². The summed E-state index contributed by atoms with van der Waals surface area (Å²) in [4.78, 5) is 14.4. The molecule has 0 spiro atoms. The first kappa shape index (κ1) is 20.7. The SMILES string of the molecule is O=C(O)c1c(CN2CCS(O)(O)CC2)c2cc(Br)c(Cl)cc2n1-c1ccccc1. The first-order chi connectivity index (χ1) is 13.8. The molecule has 3 aromatic rings. The molecule has 1 aliphatic heterocycles. The highest BCUT2D eigenvalue weighted by molar-refractivity contribution is 9.10. The van der Waals surface area contributed by atoms with Gasteiger partial charge in [-0.1, -0.05) is 29.8 Å². The van der Waals surface area contributed by atoms with Crippen LogP contribution >= 0.6 is 38.1 Å². The lowest BCUT2D eigenvalue weighted by atomic mass is 10.1. The van der Waals surface area contributed by atoms with Gasteiger partial charge in [-0.15, -0.1) is 0 Å². The maximum atomic E-state index is 12.3. The second-order valence-electron chi connectivity index (χ2n) is 7.07. The van der Waals surface area contributed by atoms with E-state index in [-0.39, 0.29) is 5.69 Å². The zero-order chi connectivity index (χ0) is 20.8. The Morgan fingerprint density at radius 3 is 2.41 bits per heavy atom. The lowest BCUT2D eigenvalue weighted by Crippen LogP contribution is -2.38. The highest BCUT2D eigenvalue weighted by Crippen LogP contribution is 2.41. The molecule has 0 atom stereocenters. The van der Waals surface area contributed by atoms with Crippen LogP contribution in [0.2, 0.25) is 5.02 Å². The summed E-state index contributed by atoms with van der Waals surface area (Å²) in [7, 11) is -2.52. The van der Waals surface area contributed by atoms with Gasteiger partial charge in [0.15, 0.2) is 0 Å². The molecule has 6 nitrogen and oxygen atoms in total. The second kappa shape index (κ2) is 7.94. The fraction of sp³-hybridized carbons (Fsp3) is 0.250. The number of benzene rings is 2. The lowest BCUT2D eigenvalue weighted by molar-refractivity contribution is 0.0686. The summed E-state index contributed by atoms with van der Waals surface area (Å²) < 4.78 is 22.2. The molecule has 9 heteroatoms. The van der Waals surface area contributed by atoms with Crippen molar-refractivity contribution in [2.24, 2.45) is 0 Å². The Labute approximate surface area is 183 Å². The Bertz CT molecular complexity index is 1080. The van der Waals surface area contributed by atoms with E-state index in [1.165, 1.54) is 0 Å². The van der Waals surface area contributed by atoms with Gasteiger partial charge >= 0.3 is 5.97 Å². The summed E-state index contributed by atoms with van der Waals surface area (Å²) in [6.07, 6.45) is 0. The topological polar surface area (TPSA) is 85.9 Å². The number of nitrogens with zero attached hydrogens (tertiary/aromatic N) is 2. The van der Waals surface area contributed by atoms with E-state index in [0.29, 0.717) is 46.2 Å². The maximum Gasteiger partial charge on any atom is 0.353 e. The van der Waals surface area contributed by atoms with E-state index in [2.05, 4.69) is 20.8 Å². The fourth-order valence-electron chi connectivity index (χ4n) is 3.72. The summed E-state index contributed by atoms with van der Waals surface area (Å²) in [6.45, 7) is 1.42. The molecular formula is C20H20BrClN2O4S. The molecule has 0 amide bonds. The Kier molecular flexibility index (Phi) is 5.67. The van der Waals surface area contributed by atoms with E-state index in [1.807, 2.05) is 36.4 Å². The molecule has 29 heavy (non-hydrogen) atoms. The molecule has 154 valence electrons. The van der Waals surface area contributed by atoms with Gasteiger partial charge in [0, 0.05) is 40.7 Å². The van der Waals surface area contributed by atoms with Crippen LogP contribution in [0.1, 0.15) is 16.1 Å². The first-order valence-electron chi connectivity index (χ1n) is 9.04. The third kappa shape index (κ3) is 4.05.